The monoisotopic (exact) mass is 210 g/mol. The molecule has 1 unspecified atom stereocenters. The molecule has 1 aromatic rings. The Morgan fingerprint density at radius 1 is 1.54 bits per heavy atom. The Morgan fingerprint density at radius 2 is 2.23 bits per heavy atom. The van der Waals surface area contributed by atoms with Crippen molar-refractivity contribution in [2.75, 3.05) is 0 Å². The van der Waals surface area contributed by atoms with E-state index in [0.29, 0.717) is 4.88 Å². The van der Waals surface area contributed by atoms with Crippen LogP contribution >= 0.6 is 11.3 Å². The Balaban J connectivity index is 2.39. The molecule has 6 heteroatoms. The third kappa shape index (κ3) is 3.73. The molecule has 0 saturated carbocycles. The summed E-state index contributed by atoms with van der Waals surface area (Å²) in [5.74, 6) is 0. The van der Waals surface area contributed by atoms with Gasteiger partial charge in [0.25, 0.3) is 0 Å². The quantitative estimate of drug-likeness (QED) is 0.832. The van der Waals surface area contributed by atoms with E-state index in [4.69, 9.17) is 5.73 Å². The molecule has 1 aromatic heterocycles. The highest BCUT2D eigenvalue weighted by molar-refractivity contribution is 7.09. The minimum absolute atomic E-state index is 0.0777. The van der Waals surface area contributed by atoms with E-state index >= 15 is 0 Å². The third-order valence-electron chi connectivity index (χ3n) is 1.56. The zero-order valence-electron chi connectivity index (χ0n) is 6.71. The zero-order chi connectivity index (χ0) is 9.90. The van der Waals surface area contributed by atoms with E-state index in [0.717, 1.165) is 0 Å². The van der Waals surface area contributed by atoms with Crippen molar-refractivity contribution in [3.8, 4) is 0 Å². The van der Waals surface area contributed by atoms with E-state index in [2.05, 4.69) is 4.98 Å². The number of hydrogen-bond acceptors (Lipinski definition) is 3. The molecule has 0 aromatic carbocycles. The first-order chi connectivity index (χ1) is 5.99. The summed E-state index contributed by atoms with van der Waals surface area (Å²) in [4.78, 5) is 4.44. The van der Waals surface area contributed by atoms with Crippen molar-refractivity contribution in [1.82, 2.24) is 4.98 Å². The molecule has 74 valence electrons. The molecule has 2 N–H and O–H groups in total. The number of rotatable bonds is 3. The second-order valence-corrected chi connectivity index (χ2v) is 3.58. The minimum Gasteiger partial charge on any atom is -0.323 e. The van der Waals surface area contributed by atoms with Crippen LogP contribution in [0.25, 0.3) is 0 Å². The summed E-state index contributed by atoms with van der Waals surface area (Å²) in [5, 5.41) is 0. The molecule has 0 radical (unpaired) electrons. The van der Waals surface area contributed by atoms with Gasteiger partial charge in [0, 0.05) is 23.5 Å². The number of nitrogens with two attached hydrogens (primary N) is 1. The molecule has 0 spiro atoms. The van der Waals surface area contributed by atoms with Crippen LogP contribution in [0.4, 0.5) is 13.2 Å². The molecule has 1 rings (SSSR count). The molecule has 1 heterocycles. The number of nitrogens with zero attached hydrogens (tertiary/aromatic N) is 1. The summed E-state index contributed by atoms with van der Waals surface area (Å²) in [6, 6.07) is -0.547. The third-order valence-corrected chi connectivity index (χ3v) is 2.46. The van der Waals surface area contributed by atoms with Crippen molar-refractivity contribution >= 4 is 11.3 Å². The average Bonchev–Trinajstić information content (AvgIpc) is 2.50. The molecular formula is C7H9F3N2S. The average molecular weight is 210 g/mol. The summed E-state index contributed by atoms with van der Waals surface area (Å²) < 4.78 is 35.4. The second kappa shape index (κ2) is 4.06. The molecule has 0 amide bonds. The molecule has 0 aliphatic heterocycles. The number of halogens is 3. The van der Waals surface area contributed by atoms with Gasteiger partial charge in [-0.25, -0.2) is 0 Å². The van der Waals surface area contributed by atoms with Gasteiger partial charge in [0.15, 0.2) is 0 Å². The predicted molar refractivity (Wildman–Crippen MR) is 44.3 cm³/mol. The Morgan fingerprint density at radius 3 is 2.69 bits per heavy atom. The van der Waals surface area contributed by atoms with E-state index in [1.807, 2.05) is 0 Å². The largest absolute Gasteiger partial charge is 0.389 e. The predicted octanol–water partition coefficient (Wildman–Crippen LogP) is 2.49. The van der Waals surface area contributed by atoms with Crippen LogP contribution in [0.1, 0.15) is 23.8 Å². The van der Waals surface area contributed by atoms with Gasteiger partial charge < -0.3 is 5.73 Å². The highest BCUT2D eigenvalue weighted by atomic mass is 32.1. The van der Waals surface area contributed by atoms with Crippen molar-refractivity contribution in [2.45, 2.75) is 25.1 Å². The maximum absolute atomic E-state index is 11.8. The lowest BCUT2D eigenvalue weighted by Gasteiger charge is -2.10. The van der Waals surface area contributed by atoms with Crippen molar-refractivity contribution in [1.29, 1.82) is 0 Å². The Hall–Kier alpha value is -0.620. The minimum atomic E-state index is -4.12. The second-order valence-electron chi connectivity index (χ2n) is 2.66. The Labute approximate surface area is 77.6 Å². The number of alkyl halides is 3. The van der Waals surface area contributed by atoms with Crippen molar-refractivity contribution < 1.29 is 13.2 Å². The van der Waals surface area contributed by atoms with E-state index < -0.39 is 18.6 Å². The lowest BCUT2D eigenvalue weighted by atomic mass is 10.1. The van der Waals surface area contributed by atoms with Crippen molar-refractivity contribution in [3.63, 3.8) is 0 Å². The number of aromatic nitrogens is 1. The maximum atomic E-state index is 11.8. The van der Waals surface area contributed by atoms with Gasteiger partial charge in [-0.15, -0.1) is 11.3 Å². The molecule has 13 heavy (non-hydrogen) atoms. The van der Waals surface area contributed by atoms with Gasteiger partial charge >= 0.3 is 6.18 Å². The molecule has 0 aliphatic carbocycles. The van der Waals surface area contributed by atoms with Gasteiger partial charge in [0.05, 0.1) is 5.51 Å². The summed E-state index contributed by atoms with van der Waals surface area (Å²) in [5.41, 5.74) is 7.08. The lowest BCUT2D eigenvalue weighted by molar-refractivity contribution is -0.136. The first kappa shape index (κ1) is 10.5. The summed E-state index contributed by atoms with van der Waals surface area (Å²) >= 11 is 1.28. The van der Waals surface area contributed by atoms with Gasteiger partial charge in [0.2, 0.25) is 0 Å². The van der Waals surface area contributed by atoms with Crippen LogP contribution in [0.15, 0.2) is 11.7 Å². The molecule has 0 aliphatic rings. The van der Waals surface area contributed by atoms with E-state index in [1.165, 1.54) is 17.5 Å². The molecule has 1 atom stereocenters. The summed E-state index contributed by atoms with van der Waals surface area (Å²) in [6.07, 6.45) is -3.54. The molecular weight excluding hydrogens is 201 g/mol. The first-order valence-electron chi connectivity index (χ1n) is 3.70. The van der Waals surface area contributed by atoms with Crippen LogP contribution in [0, 0.1) is 0 Å². The Bertz CT molecular complexity index is 245. The molecule has 2 nitrogen and oxygen atoms in total. The SMILES string of the molecule is NC(CCC(F)(F)F)c1cncs1. The number of thiazole rings is 1. The fraction of sp³-hybridized carbons (Fsp3) is 0.571. The highest BCUT2D eigenvalue weighted by Crippen LogP contribution is 2.27. The fourth-order valence-electron chi connectivity index (χ4n) is 0.870. The van der Waals surface area contributed by atoms with Gasteiger partial charge in [0.1, 0.15) is 0 Å². The van der Waals surface area contributed by atoms with Gasteiger partial charge in [-0.2, -0.15) is 13.2 Å². The molecule has 0 saturated heterocycles. The van der Waals surface area contributed by atoms with Crippen molar-refractivity contribution in [3.05, 3.63) is 16.6 Å². The van der Waals surface area contributed by atoms with Crippen LogP contribution in [0.2, 0.25) is 0 Å². The smallest absolute Gasteiger partial charge is 0.323 e. The van der Waals surface area contributed by atoms with Gasteiger partial charge in [-0.3, -0.25) is 4.98 Å². The van der Waals surface area contributed by atoms with E-state index in [9.17, 15) is 13.2 Å². The Kier molecular flexibility index (Phi) is 3.27. The maximum Gasteiger partial charge on any atom is 0.389 e. The van der Waals surface area contributed by atoms with Crippen LogP contribution in [0.5, 0.6) is 0 Å². The topological polar surface area (TPSA) is 38.9 Å². The fourth-order valence-corrected chi connectivity index (χ4v) is 1.53. The molecule has 0 bridgehead atoms. The van der Waals surface area contributed by atoms with Crippen molar-refractivity contribution in [2.24, 2.45) is 5.73 Å². The number of hydrogen-bond donors (Lipinski definition) is 1. The van der Waals surface area contributed by atoms with Gasteiger partial charge in [-0.05, 0) is 6.42 Å². The highest BCUT2D eigenvalue weighted by Gasteiger charge is 2.27. The van der Waals surface area contributed by atoms with Crippen LogP contribution in [-0.4, -0.2) is 11.2 Å². The first-order valence-corrected chi connectivity index (χ1v) is 4.58. The van der Waals surface area contributed by atoms with E-state index in [1.54, 1.807) is 5.51 Å². The normalized spacial score (nSPS) is 14.5. The lowest BCUT2D eigenvalue weighted by Crippen LogP contribution is -2.14. The zero-order valence-corrected chi connectivity index (χ0v) is 7.53. The van der Waals surface area contributed by atoms with E-state index in [-0.39, 0.29) is 6.42 Å². The van der Waals surface area contributed by atoms with Crippen LogP contribution in [-0.2, 0) is 0 Å². The summed E-state index contributed by atoms with van der Waals surface area (Å²) in [7, 11) is 0. The van der Waals surface area contributed by atoms with Crippen LogP contribution < -0.4 is 5.73 Å². The standard InChI is InChI=1S/C7H9F3N2S/c8-7(9,10)2-1-5(11)6-3-12-4-13-6/h3-5H,1-2,11H2. The van der Waals surface area contributed by atoms with Crippen LogP contribution in [0.3, 0.4) is 0 Å². The van der Waals surface area contributed by atoms with Gasteiger partial charge in [-0.1, -0.05) is 0 Å². The molecule has 0 fully saturated rings. The summed E-state index contributed by atoms with van der Waals surface area (Å²) in [6.45, 7) is 0.